The van der Waals surface area contributed by atoms with E-state index in [4.69, 9.17) is 49.8 Å². The summed E-state index contributed by atoms with van der Waals surface area (Å²) < 4.78 is 0. The zero-order valence-corrected chi connectivity index (χ0v) is 72.8. The van der Waals surface area contributed by atoms with Crippen LogP contribution in [0.15, 0.2) is 473 Å². The predicted octanol–water partition coefficient (Wildman–Crippen LogP) is 30.2. The lowest BCUT2D eigenvalue weighted by atomic mass is 9.82. The third-order valence-corrected chi connectivity index (χ3v) is 24.4. The third kappa shape index (κ3) is 16.6. The van der Waals surface area contributed by atoms with Gasteiger partial charge in [0.1, 0.15) is 0 Å². The molecule has 630 valence electrons. The van der Waals surface area contributed by atoms with E-state index in [1.54, 1.807) is 0 Å². The highest BCUT2D eigenvalue weighted by Gasteiger charge is 2.36. The predicted molar refractivity (Wildman–Crippen MR) is 540 cm³/mol. The van der Waals surface area contributed by atoms with E-state index in [9.17, 15) is 0 Å². The molecule has 0 bridgehead atoms. The molecular formula is C119H84N14. The SMILES string of the molecule is CC1(C)c2ccccc2-c2ccc(N(c3ccccc3)c3cccc(-c4cccc(N(c5nc(-c6ccccc6)cc(-c6ccccc6)n5)c5nc(-c6ccccc6)cc(-c6cccc(-c7ccc(-c8nc(-c9ccccc9)nc(N(c9ccc(-c%10cccc(N(c%11ccccc%11)c%11ccccc%11)c%10)cc9)c9nc(-c%10ccccc%10)nc(-c%10ccccc%10)n9)n8)cc7)c6)n5)c4)c3)cc21. The molecule has 0 N–H and O–H groups in total. The molecule has 0 unspecified atom stereocenters. The Bertz CT molecular complexity index is 7610. The van der Waals surface area contributed by atoms with E-state index >= 15 is 0 Å². The minimum atomic E-state index is -0.199. The first-order valence-electron chi connectivity index (χ1n) is 44.5. The van der Waals surface area contributed by atoms with Crippen molar-refractivity contribution in [2.45, 2.75) is 19.3 Å². The van der Waals surface area contributed by atoms with E-state index in [1.165, 1.54) is 22.3 Å². The topological polar surface area (TPSA) is 142 Å². The maximum atomic E-state index is 5.70. The number of nitrogens with zero attached hydrogens (tertiary/aromatic N) is 14. The Hall–Kier alpha value is -17.9. The van der Waals surface area contributed by atoms with Crippen molar-refractivity contribution in [3.63, 3.8) is 0 Å². The molecule has 0 spiro atoms. The smallest absolute Gasteiger partial charge is 0.241 e. The monoisotopic (exact) mass is 1710 g/mol. The first kappa shape index (κ1) is 80.9. The van der Waals surface area contributed by atoms with Crippen LogP contribution in [0.5, 0.6) is 0 Å². The number of fused-ring (bicyclic) bond motifs is 3. The van der Waals surface area contributed by atoms with Crippen LogP contribution < -0.4 is 19.6 Å². The highest BCUT2D eigenvalue weighted by molar-refractivity contribution is 5.90. The molecule has 14 nitrogen and oxygen atoms in total. The molecule has 4 aromatic heterocycles. The van der Waals surface area contributed by atoms with Crippen LogP contribution in [0, 0.1) is 0 Å². The van der Waals surface area contributed by atoms with E-state index in [1.807, 2.05) is 168 Å². The molecule has 14 heteroatoms. The van der Waals surface area contributed by atoms with Gasteiger partial charge in [0, 0.05) is 84.0 Å². The van der Waals surface area contributed by atoms with Crippen molar-refractivity contribution in [3.8, 4) is 135 Å². The molecule has 22 rings (SSSR count). The molecule has 0 amide bonds. The summed E-state index contributed by atoms with van der Waals surface area (Å²) in [6.45, 7) is 4.67. The minimum Gasteiger partial charge on any atom is -0.310 e. The van der Waals surface area contributed by atoms with Crippen molar-refractivity contribution in [3.05, 3.63) is 484 Å². The summed E-state index contributed by atoms with van der Waals surface area (Å²) in [7, 11) is 0. The number of hydrogen-bond acceptors (Lipinski definition) is 14. The largest absolute Gasteiger partial charge is 0.310 e. The van der Waals surface area contributed by atoms with Crippen molar-refractivity contribution in [2.24, 2.45) is 0 Å². The van der Waals surface area contributed by atoms with Crippen LogP contribution in [0.3, 0.4) is 0 Å². The average Bonchev–Trinajstić information content (AvgIpc) is 1.57. The van der Waals surface area contributed by atoms with Crippen molar-refractivity contribution in [1.29, 1.82) is 0 Å². The van der Waals surface area contributed by atoms with E-state index in [0.717, 1.165) is 129 Å². The maximum Gasteiger partial charge on any atom is 0.241 e. The van der Waals surface area contributed by atoms with Gasteiger partial charge < -0.3 is 9.80 Å². The van der Waals surface area contributed by atoms with Crippen LogP contribution >= 0.6 is 0 Å². The minimum absolute atomic E-state index is 0.199. The fraction of sp³-hybridized carbons (Fsp3) is 0.0252. The second kappa shape index (κ2) is 35.7. The lowest BCUT2D eigenvalue weighted by Gasteiger charge is -2.28. The zero-order valence-electron chi connectivity index (χ0n) is 72.8. The van der Waals surface area contributed by atoms with Crippen molar-refractivity contribution >= 4 is 69.3 Å². The molecule has 4 heterocycles. The molecular weight excluding hydrogens is 1630 g/mol. The fourth-order valence-corrected chi connectivity index (χ4v) is 17.7. The van der Waals surface area contributed by atoms with E-state index in [-0.39, 0.29) is 11.4 Å². The van der Waals surface area contributed by atoms with Crippen LogP contribution in [0.2, 0.25) is 0 Å². The average molecular weight is 1710 g/mol. The number of benzene rings is 17. The van der Waals surface area contributed by atoms with Gasteiger partial charge in [0.05, 0.1) is 34.2 Å². The second-order valence-corrected chi connectivity index (χ2v) is 33.2. The van der Waals surface area contributed by atoms with E-state index in [2.05, 4.69) is 339 Å². The number of anilines is 12. The highest BCUT2D eigenvalue weighted by atomic mass is 15.4. The number of hydrogen-bond donors (Lipinski definition) is 0. The summed E-state index contributed by atoms with van der Waals surface area (Å²) >= 11 is 0. The summed E-state index contributed by atoms with van der Waals surface area (Å²) in [5.41, 5.74) is 28.2. The van der Waals surface area contributed by atoms with Gasteiger partial charge in [-0.2, -0.15) is 19.9 Å². The Morgan fingerprint density at radius 1 is 0.150 bits per heavy atom. The zero-order chi connectivity index (χ0) is 89.0. The Kier molecular flexibility index (Phi) is 21.7. The van der Waals surface area contributed by atoms with Gasteiger partial charge in [-0.15, -0.1) is 0 Å². The molecule has 1 aliphatic carbocycles. The summed E-state index contributed by atoms with van der Waals surface area (Å²) in [5.74, 6) is 3.18. The normalized spacial score (nSPS) is 11.7. The molecule has 0 radical (unpaired) electrons. The second-order valence-electron chi connectivity index (χ2n) is 33.2. The molecule has 0 aliphatic heterocycles. The molecule has 17 aromatic carbocycles. The van der Waals surface area contributed by atoms with Crippen molar-refractivity contribution in [1.82, 2.24) is 49.8 Å². The molecule has 0 saturated heterocycles. The molecule has 1 aliphatic rings. The first-order chi connectivity index (χ1) is 65.6. The van der Waals surface area contributed by atoms with Gasteiger partial charge in [-0.25, -0.2) is 39.7 Å². The Balaban J connectivity index is 0.653. The van der Waals surface area contributed by atoms with Crippen LogP contribution in [0.4, 0.5) is 69.3 Å². The van der Waals surface area contributed by atoms with Gasteiger partial charge in [0.15, 0.2) is 23.3 Å². The van der Waals surface area contributed by atoms with Gasteiger partial charge in [0.25, 0.3) is 0 Å². The van der Waals surface area contributed by atoms with Crippen molar-refractivity contribution < 1.29 is 0 Å². The summed E-state index contributed by atoms with van der Waals surface area (Å²) in [5, 5.41) is 0. The molecule has 0 fully saturated rings. The van der Waals surface area contributed by atoms with Gasteiger partial charge in [-0.1, -0.05) is 372 Å². The van der Waals surface area contributed by atoms with Crippen molar-refractivity contribution in [2.75, 3.05) is 19.6 Å². The van der Waals surface area contributed by atoms with Crippen LogP contribution in [0.1, 0.15) is 25.0 Å². The number of para-hydroxylation sites is 3. The Morgan fingerprint density at radius 3 is 0.812 bits per heavy atom. The van der Waals surface area contributed by atoms with E-state index in [0.29, 0.717) is 58.2 Å². The fourth-order valence-electron chi connectivity index (χ4n) is 17.7. The van der Waals surface area contributed by atoms with Crippen LogP contribution in [-0.2, 0) is 5.41 Å². The van der Waals surface area contributed by atoms with Gasteiger partial charge >= 0.3 is 0 Å². The van der Waals surface area contributed by atoms with Crippen LogP contribution in [0.25, 0.3) is 135 Å². The molecule has 133 heavy (non-hydrogen) atoms. The summed E-state index contributed by atoms with van der Waals surface area (Å²) in [4.78, 5) is 63.0. The summed E-state index contributed by atoms with van der Waals surface area (Å²) in [6.07, 6.45) is 0. The van der Waals surface area contributed by atoms with Gasteiger partial charge in [0.2, 0.25) is 23.8 Å². The van der Waals surface area contributed by atoms with Gasteiger partial charge in [-0.3, -0.25) is 0 Å². The summed E-state index contributed by atoms with van der Waals surface area (Å²) in [6, 6.07) is 164. The van der Waals surface area contributed by atoms with E-state index < -0.39 is 0 Å². The lowest BCUT2D eigenvalue weighted by molar-refractivity contribution is 0.660. The molecule has 0 atom stereocenters. The first-order valence-corrected chi connectivity index (χ1v) is 44.5. The molecule has 0 saturated carbocycles. The van der Waals surface area contributed by atoms with Gasteiger partial charge in [-0.05, 0) is 171 Å². The Morgan fingerprint density at radius 2 is 0.398 bits per heavy atom. The third-order valence-electron chi connectivity index (χ3n) is 24.4. The highest BCUT2D eigenvalue weighted by Crippen LogP contribution is 2.52. The molecule has 21 aromatic rings. The quantitative estimate of drug-likeness (QED) is 0.0599. The van der Waals surface area contributed by atoms with Crippen LogP contribution in [-0.4, -0.2) is 49.8 Å². The number of rotatable bonds is 23. The lowest BCUT2D eigenvalue weighted by Crippen LogP contribution is -2.19. The Labute approximate surface area is 772 Å². The number of aromatic nitrogens is 10. The maximum absolute atomic E-state index is 5.70. The standard InChI is InChI=1S/C119H84N14/c1-119(2)105-63-31-30-62-103(105)104-73-72-102(78-106(104)119)131(97-57-28-11-29-58-97)100-60-34-50-92(76-100)93-51-35-61-101(77-93)133(115-120-107(83-36-12-3-13-37-83)79-108(121-115)84-38-14-4-15-39-84)116-122-109(85-40-16-5-17-41-85)80-110(123-116)94-52-32-48-90(74-94)81-64-66-89(67-65-81)114-125-113(88-46-22-8-23-47-88)128-118(129-114)132(117-126-111(86-42-18-6-19-43-86)124-112(127-117)87-44-20-7-21-45-87)98-70-68-82(69-71-98)91-49-33-59-99(75-91)130(95-53-24-9-25-54-95)96-55-26-10-27-56-96/h3-80H,1-2H3.